The quantitative estimate of drug-likeness (QED) is 0.549. The van der Waals surface area contributed by atoms with Crippen LogP contribution in [-0.2, 0) is 9.47 Å². The number of hydrogen-bond donors (Lipinski definition) is 2. The minimum absolute atomic E-state index is 0.225. The summed E-state index contributed by atoms with van der Waals surface area (Å²) in [6, 6.07) is 0.623. The minimum Gasteiger partial charge on any atom is -0.450 e. The molecule has 2 aliphatic heterocycles. The van der Waals surface area contributed by atoms with Gasteiger partial charge < -0.3 is 25.4 Å². The zero-order valence-electron chi connectivity index (χ0n) is 14.9. The number of likely N-dealkylation sites (tertiary alicyclic amines) is 1. The molecule has 1 unspecified atom stereocenters. The molecule has 138 valence electrons. The first kappa shape index (κ1) is 18.8. The Morgan fingerprint density at radius 1 is 1.33 bits per heavy atom. The van der Waals surface area contributed by atoms with Gasteiger partial charge in [0, 0.05) is 38.3 Å². The summed E-state index contributed by atoms with van der Waals surface area (Å²) in [4.78, 5) is 20.3. The number of nitrogens with one attached hydrogen (secondary N) is 1. The number of nitrogens with two attached hydrogens (primary N) is 1. The van der Waals surface area contributed by atoms with Crippen LogP contribution in [0.25, 0.3) is 0 Å². The van der Waals surface area contributed by atoms with Crippen molar-refractivity contribution in [3.63, 3.8) is 0 Å². The second kappa shape index (κ2) is 9.68. The maximum atomic E-state index is 11.7. The third-order valence-corrected chi connectivity index (χ3v) is 4.57. The highest BCUT2D eigenvalue weighted by Gasteiger charge is 2.24. The molecule has 0 aromatic heterocycles. The molecule has 0 aromatic carbocycles. The molecule has 0 bridgehead atoms. The zero-order chi connectivity index (χ0) is 17.4. The highest BCUT2D eigenvalue weighted by Crippen LogP contribution is 2.11. The normalized spacial score (nSPS) is 22.2. The average molecular weight is 341 g/mol. The van der Waals surface area contributed by atoms with E-state index in [2.05, 4.69) is 22.1 Å². The van der Waals surface area contributed by atoms with Crippen LogP contribution < -0.4 is 11.1 Å². The van der Waals surface area contributed by atoms with Gasteiger partial charge in [0.1, 0.15) is 0 Å². The molecule has 0 spiro atoms. The molecule has 1 amide bonds. The predicted molar refractivity (Wildman–Crippen MR) is 93.1 cm³/mol. The number of aliphatic imine (C=N–C) groups is 1. The Morgan fingerprint density at radius 2 is 2.00 bits per heavy atom. The van der Waals surface area contributed by atoms with E-state index in [9.17, 15) is 4.79 Å². The van der Waals surface area contributed by atoms with Gasteiger partial charge in [-0.05, 0) is 26.7 Å². The zero-order valence-corrected chi connectivity index (χ0v) is 14.9. The standard InChI is InChI=1S/C16H31N5O3/c1-3-24-16(22)21-6-4-14(5-7-21)19-15(17)18-12-13(2)20-8-10-23-11-9-20/h13-14H,3-12H2,1-2H3,(H3,17,18,19). The molecule has 8 nitrogen and oxygen atoms in total. The van der Waals surface area contributed by atoms with E-state index in [4.69, 9.17) is 15.2 Å². The van der Waals surface area contributed by atoms with Crippen LogP contribution in [0.1, 0.15) is 26.7 Å². The first-order chi connectivity index (χ1) is 11.6. The smallest absolute Gasteiger partial charge is 0.409 e. The van der Waals surface area contributed by atoms with Gasteiger partial charge in [0.15, 0.2) is 5.96 Å². The van der Waals surface area contributed by atoms with Crippen LogP contribution in [0.4, 0.5) is 4.79 Å². The van der Waals surface area contributed by atoms with E-state index in [0.29, 0.717) is 38.2 Å². The number of carbonyl (C=O) groups is 1. The van der Waals surface area contributed by atoms with Crippen LogP contribution in [0.15, 0.2) is 4.99 Å². The van der Waals surface area contributed by atoms with Gasteiger partial charge in [-0.3, -0.25) is 9.89 Å². The largest absolute Gasteiger partial charge is 0.450 e. The molecule has 2 heterocycles. The highest BCUT2D eigenvalue weighted by molar-refractivity contribution is 5.78. The molecular weight excluding hydrogens is 310 g/mol. The van der Waals surface area contributed by atoms with E-state index >= 15 is 0 Å². The molecule has 0 aromatic rings. The fourth-order valence-corrected chi connectivity index (χ4v) is 3.04. The monoisotopic (exact) mass is 341 g/mol. The maximum Gasteiger partial charge on any atom is 0.409 e. The average Bonchev–Trinajstić information content (AvgIpc) is 2.61. The van der Waals surface area contributed by atoms with E-state index in [1.54, 1.807) is 4.90 Å². The summed E-state index contributed by atoms with van der Waals surface area (Å²) in [5, 5.41) is 3.27. The highest BCUT2D eigenvalue weighted by atomic mass is 16.6. The summed E-state index contributed by atoms with van der Waals surface area (Å²) in [5.74, 6) is 0.490. The number of hydrogen-bond acceptors (Lipinski definition) is 5. The van der Waals surface area contributed by atoms with Gasteiger partial charge in [0.25, 0.3) is 0 Å². The van der Waals surface area contributed by atoms with E-state index in [0.717, 1.165) is 39.1 Å². The van der Waals surface area contributed by atoms with Crippen molar-refractivity contribution in [2.24, 2.45) is 10.7 Å². The molecule has 0 saturated carbocycles. The van der Waals surface area contributed by atoms with Crippen LogP contribution in [0, 0.1) is 0 Å². The van der Waals surface area contributed by atoms with Crippen molar-refractivity contribution in [1.29, 1.82) is 0 Å². The lowest BCUT2D eigenvalue weighted by molar-refractivity contribution is 0.0220. The van der Waals surface area contributed by atoms with Gasteiger partial charge in [-0.15, -0.1) is 0 Å². The van der Waals surface area contributed by atoms with Crippen molar-refractivity contribution in [2.75, 3.05) is 52.5 Å². The maximum absolute atomic E-state index is 11.7. The van der Waals surface area contributed by atoms with Crippen molar-refractivity contribution in [3.8, 4) is 0 Å². The summed E-state index contributed by atoms with van der Waals surface area (Å²) in [7, 11) is 0. The number of nitrogens with zero attached hydrogens (tertiary/aromatic N) is 3. The lowest BCUT2D eigenvalue weighted by Gasteiger charge is -2.32. The van der Waals surface area contributed by atoms with Crippen molar-refractivity contribution in [3.05, 3.63) is 0 Å². The Balaban J connectivity index is 1.68. The van der Waals surface area contributed by atoms with Gasteiger partial charge in [0.2, 0.25) is 0 Å². The molecule has 1 atom stereocenters. The fraction of sp³-hybridized carbons (Fsp3) is 0.875. The molecule has 2 saturated heterocycles. The summed E-state index contributed by atoms with van der Waals surface area (Å²) in [5.41, 5.74) is 6.01. The van der Waals surface area contributed by atoms with Gasteiger partial charge in [-0.2, -0.15) is 0 Å². The molecular formula is C16H31N5O3. The van der Waals surface area contributed by atoms with E-state index in [-0.39, 0.29) is 12.1 Å². The van der Waals surface area contributed by atoms with Crippen LogP contribution in [0.3, 0.4) is 0 Å². The molecule has 24 heavy (non-hydrogen) atoms. The van der Waals surface area contributed by atoms with E-state index in [1.807, 2.05) is 6.92 Å². The van der Waals surface area contributed by atoms with E-state index in [1.165, 1.54) is 0 Å². The predicted octanol–water partition coefficient (Wildman–Crippen LogP) is 0.232. The van der Waals surface area contributed by atoms with Gasteiger partial charge in [-0.25, -0.2) is 4.79 Å². The lowest BCUT2D eigenvalue weighted by Crippen LogP contribution is -2.49. The van der Waals surface area contributed by atoms with Crippen molar-refractivity contribution in [2.45, 2.75) is 38.8 Å². The first-order valence-electron chi connectivity index (χ1n) is 8.90. The van der Waals surface area contributed by atoms with Gasteiger partial charge in [0.05, 0.1) is 26.4 Å². The molecule has 3 N–H and O–H groups in total. The number of piperidine rings is 1. The van der Waals surface area contributed by atoms with Gasteiger partial charge in [-0.1, -0.05) is 0 Å². The molecule has 2 aliphatic rings. The second-order valence-corrected chi connectivity index (χ2v) is 6.33. The molecule has 8 heteroatoms. The number of amides is 1. The molecule has 2 fully saturated rings. The second-order valence-electron chi connectivity index (χ2n) is 6.33. The Kier molecular flexibility index (Phi) is 7.58. The Bertz CT molecular complexity index is 418. The fourth-order valence-electron chi connectivity index (χ4n) is 3.04. The summed E-state index contributed by atoms with van der Waals surface area (Å²) in [6.45, 7) is 9.95. The minimum atomic E-state index is -0.225. The Morgan fingerprint density at radius 3 is 2.62 bits per heavy atom. The summed E-state index contributed by atoms with van der Waals surface area (Å²) >= 11 is 0. The molecule has 2 rings (SSSR count). The molecule has 0 radical (unpaired) electrons. The number of morpholine rings is 1. The number of rotatable bonds is 5. The third kappa shape index (κ3) is 5.83. The lowest BCUT2D eigenvalue weighted by atomic mass is 10.1. The molecule has 0 aliphatic carbocycles. The first-order valence-corrected chi connectivity index (χ1v) is 8.90. The van der Waals surface area contributed by atoms with Crippen LogP contribution in [0.2, 0.25) is 0 Å². The Hall–Kier alpha value is -1.54. The van der Waals surface area contributed by atoms with Crippen molar-refractivity contribution < 1.29 is 14.3 Å². The van der Waals surface area contributed by atoms with Crippen LogP contribution in [0.5, 0.6) is 0 Å². The van der Waals surface area contributed by atoms with Crippen molar-refractivity contribution >= 4 is 12.1 Å². The number of carbonyl (C=O) groups excluding carboxylic acids is 1. The van der Waals surface area contributed by atoms with Gasteiger partial charge >= 0.3 is 6.09 Å². The summed E-state index contributed by atoms with van der Waals surface area (Å²) < 4.78 is 10.4. The number of ether oxygens (including phenoxy) is 2. The SMILES string of the molecule is CCOC(=O)N1CCC(NC(N)=NCC(C)N2CCOCC2)CC1. The van der Waals surface area contributed by atoms with Crippen LogP contribution >= 0.6 is 0 Å². The number of guanidine groups is 1. The third-order valence-electron chi connectivity index (χ3n) is 4.57. The van der Waals surface area contributed by atoms with Crippen LogP contribution in [-0.4, -0.2) is 86.5 Å². The topological polar surface area (TPSA) is 92.4 Å². The van der Waals surface area contributed by atoms with E-state index < -0.39 is 0 Å². The Labute approximate surface area is 144 Å². The summed E-state index contributed by atoms with van der Waals surface area (Å²) in [6.07, 6.45) is 1.49. The van der Waals surface area contributed by atoms with Crippen molar-refractivity contribution in [1.82, 2.24) is 15.1 Å².